The van der Waals surface area contributed by atoms with Gasteiger partial charge in [0.25, 0.3) is 0 Å². The Hall–Kier alpha value is -0.600. The van der Waals surface area contributed by atoms with Crippen LogP contribution in [0.4, 0.5) is 0 Å². The topological polar surface area (TPSA) is 72.0 Å². The summed E-state index contributed by atoms with van der Waals surface area (Å²) < 4.78 is 1.64. The molecule has 0 aliphatic heterocycles. The fourth-order valence-corrected chi connectivity index (χ4v) is 8.37. The summed E-state index contributed by atoms with van der Waals surface area (Å²) in [6.45, 7) is 2.75. The van der Waals surface area contributed by atoms with E-state index < -0.39 is 0 Å². The van der Waals surface area contributed by atoms with Crippen molar-refractivity contribution in [2.75, 3.05) is 18.1 Å². The summed E-state index contributed by atoms with van der Waals surface area (Å²) in [5.74, 6) is 3.75. The average Bonchev–Trinajstić information content (AvgIpc) is 3.09. The molecule has 1 amide bonds. The Morgan fingerprint density at radius 3 is 2.15 bits per heavy atom. The summed E-state index contributed by atoms with van der Waals surface area (Å²) in [5, 5.41) is 11.2. The third-order valence-electron chi connectivity index (χ3n) is 6.24. The number of aromatic nitrogens is 2. The highest BCUT2D eigenvalue weighted by Crippen LogP contribution is 2.60. The highest BCUT2D eigenvalue weighted by molar-refractivity contribution is 8.03. The number of Topliss-reactive ketones (excluding diaryl/α,β-unsaturated/α-hetero) is 1. The second kappa shape index (κ2) is 8.41. The lowest BCUT2D eigenvalue weighted by atomic mass is 9.48. The van der Waals surface area contributed by atoms with Crippen molar-refractivity contribution in [1.29, 1.82) is 0 Å². The lowest BCUT2D eigenvalue weighted by Gasteiger charge is -2.56. The molecule has 148 valence electrons. The SMILES string of the molecule is CCCNC(=O)CSc1nnc(SCC(=O)C23CC4CC(CC(C4)C2)C3)s1. The van der Waals surface area contributed by atoms with E-state index in [0.29, 0.717) is 23.8 Å². The van der Waals surface area contributed by atoms with Crippen LogP contribution in [0.2, 0.25) is 0 Å². The van der Waals surface area contributed by atoms with Crippen LogP contribution >= 0.6 is 34.9 Å². The zero-order valence-electron chi connectivity index (χ0n) is 15.7. The largest absolute Gasteiger partial charge is 0.355 e. The van der Waals surface area contributed by atoms with E-state index in [1.54, 1.807) is 0 Å². The Labute approximate surface area is 173 Å². The Bertz CT molecular complexity index is 671. The number of carbonyl (C=O) groups excluding carboxylic acids is 2. The number of nitrogens with zero attached hydrogens (tertiary/aromatic N) is 2. The van der Waals surface area contributed by atoms with Crippen molar-refractivity contribution in [1.82, 2.24) is 15.5 Å². The van der Waals surface area contributed by atoms with Crippen LogP contribution in [0.25, 0.3) is 0 Å². The van der Waals surface area contributed by atoms with Crippen LogP contribution in [-0.4, -0.2) is 39.9 Å². The third-order valence-corrected chi connectivity index (χ3v) is 9.43. The summed E-state index contributed by atoms with van der Waals surface area (Å²) in [6, 6.07) is 0. The maximum atomic E-state index is 13.1. The summed E-state index contributed by atoms with van der Waals surface area (Å²) in [5.41, 5.74) is -0.0264. The Kier molecular flexibility index (Phi) is 6.14. The predicted molar refractivity (Wildman–Crippen MR) is 110 cm³/mol. The molecule has 1 aromatic rings. The second-order valence-corrected chi connectivity index (χ2v) is 11.8. The van der Waals surface area contributed by atoms with E-state index in [4.69, 9.17) is 0 Å². The van der Waals surface area contributed by atoms with Gasteiger partial charge in [-0.2, -0.15) is 0 Å². The van der Waals surface area contributed by atoms with Gasteiger partial charge in [-0.3, -0.25) is 9.59 Å². The fraction of sp³-hybridized carbons (Fsp3) is 0.789. The Balaban J connectivity index is 1.26. The molecule has 1 heterocycles. The first-order valence-electron chi connectivity index (χ1n) is 9.95. The highest BCUT2D eigenvalue weighted by atomic mass is 32.2. The van der Waals surface area contributed by atoms with Gasteiger partial charge in [0.1, 0.15) is 5.78 Å². The van der Waals surface area contributed by atoms with Gasteiger partial charge in [-0.25, -0.2) is 0 Å². The van der Waals surface area contributed by atoms with E-state index in [-0.39, 0.29) is 11.3 Å². The van der Waals surface area contributed by atoms with E-state index >= 15 is 0 Å². The molecule has 4 saturated carbocycles. The molecule has 0 aromatic carbocycles. The molecule has 0 saturated heterocycles. The number of amides is 1. The smallest absolute Gasteiger partial charge is 0.230 e. The molecule has 0 radical (unpaired) electrons. The van der Waals surface area contributed by atoms with Crippen molar-refractivity contribution < 1.29 is 9.59 Å². The van der Waals surface area contributed by atoms with Gasteiger partial charge in [-0.15, -0.1) is 10.2 Å². The quantitative estimate of drug-likeness (QED) is 0.602. The molecule has 1 aromatic heterocycles. The Morgan fingerprint density at radius 2 is 1.59 bits per heavy atom. The first-order chi connectivity index (χ1) is 13.1. The minimum atomic E-state index is -0.0264. The summed E-state index contributed by atoms with van der Waals surface area (Å²) in [6.07, 6.45) is 8.41. The molecule has 1 N–H and O–H groups in total. The molecule has 5 rings (SSSR count). The van der Waals surface area contributed by atoms with Gasteiger partial charge >= 0.3 is 0 Å². The van der Waals surface area contributed by atoms with Crippen molar-refractivity contribution >= 4 is 46.6 Å². The van der Waals surface area contributed by atoms with Gasteiger partial charge in [-0.05, 0) is 62.7 Å². The molecule has 4 aliphatic rings. The van der Waals surface area contributed by atoms with Crippen LogP contribution in [0.15, 0.2) is 8.68 Å². The van der Waals surface area contributed by atoms with Crippen molar-refractivity contribution in [2.45, 2.75) is 60.5 Å². The van der Waals surface area contributed by atoms with E-state index in [0.717, 1.165) is 52.1 Å². The van der Waals surface area contributed by atoms with Crippen LogP contribution in [0.5, 0.6) is 0 Å². The summed E-state index contributed by atoms with van der Waals surface area (Å²) >= 11 is 4.43. The fourth-order valence-electron chi connectivity index (χ4n) is 5.49. The van der Waals surface area contributed by atoms with E-state index in [9.17, 15) is 9.59 Å². The number of rotatable bonds is 9. The number of ketones is 1. The molecule has 27 heavy (non-hydrogen) atoms. The van der Waals surface area contributed by atoms with Gasteiger partial charge in [0.05, 0.1) is 11.5 Å². The summed E-state index contributed by atoms with van der Waals surface area (Å²) in [7, 11) is 0. The lowest BCUT2D eigenvalue weighted by molar-refractivity contribution is -0.141. The minimum absolute atomic E-state index is 0.0264. The molecule has 4 fully saturated rings. The van der Waals surface area contributed by atoms with E-state index in [1.807, 2.05) is 6.92 Å². The molecule has 8 heteroatoms. The second-order valence-electron chi connectivity index (χ2n) is 8.38. The predicted octanol–water partition coefficient (Wildman–Crippen LogP) is 4.03. The van der Waals surface area contributed by atoms with E-state index in [1.165, 1.54) is 54.1 Å². The third kappa shape index (κ3) is 4.53. The maximum absolute atomic E-state index is 13.1. The summed E-state index contributed by atoms with van der Waals surface area (Å²) in [4.78, 5) is 24.7. The van der Waals surface area contributed by atoms with Gasteiger partial charge in [-0.1, -0.05) is 41.8 Å². The molecule has 0 unspecified atom stereocenters. The minimum Gasteiger partial charge on any atom is -0.355 e. The lowest BCUT2D eigenvalue weighted by Crippen LogP contribution is -2.50. The van der Waals surface area contributed by atoms with Crippen molar-refractivity contribution in [3.8, 4) is 0 Å². The van der Waals surface area contributed by atoms with Crippen molar-refractivity contribution in [2.24, 2.45) is 23.2 Å². The maximum Gasteiger partial charge on any atom is 0.230 e. The Morgan fingerprint density at radius 1 is 1.04 bits per heavy atom. The molecule has 4 bridgehead atoms. The van der Waals surface area contributed by atoms with Gasteiger partial charge < -0.3 is 5.32 Å². The monoisotopic (exact) mass is 425 g/mol. The standard InChI is InChI=1S/C19H27N3O2S3/c1-2-3-20-16(24)11-26-18-22-21-17(27-18)25-10-15(23)19-7-12-4-13(8-19)6-14(5-12)9-19/h12-14H,2-11H2,1H3,(H,20,24). The van der Waals surface area contributed by atoms with Crippen molar-refractivity contribution in [3.63, 3.8) is 0 Å². The van der Waals surface area contributed by atoms with Crippen LogP contribution in [0.3, 0.4) is 0 Å². The molecule has 0 atom stereocenters. The molecule has 0 spiro atoms. The first kappa shape index (κ1) is 19.7. The number of hydrogen-bond acceptors (Lipinski definition) is 7. The average molecular weight is 426 g/mol. The molecular weight excluding hydrogens is 398 g/mol. The normalized spacial score (nSPS) is 31.2. The number of carbonyl (C=O) groups is 2. The van der Waals surface area contributed by atoms with Crippen LogP contribution in [0, 0.1) is 23.2 Å². The number of hydrogen-bond donors (Lipinski definition) is 1. The van der Waals surface area contributed by atoms with E-state index in [2.05, 4.69) is 15.5 Å². The van der Waals surface area contributed by atoms with Gasteiger partial charge in [0.2, 0.25) is 5.91 Å². The van der Waals surface area contributed by atoms with Gasteiger partial charge in [0.15, 0.2) is 8.68 Å². The van der Waals surface area contributed by atoms with Gasteiger partial charge in [0, 0.05) is 12.0 Å². The molecule has 5 nitrogen and oxygen atoms in total. The highest BCUT2D eigenvalue weighted by Gasteiger charge is 2.54. The molecule has 4 aliphatic carbocycles. The number of nitrogens with one attached hydrogen (secondary N) is 1. The zero-order valence-corrected chi connectivity index (χ0v) is 18.2. The van der Waals surface area contributed by atoms with Crippen LogP contribution < -0.4 is 5.32 Å². The van der Waals surface area contributed by atoms with Crippen molar-refractivity contribution in [3.05, 3.63) is 0 Å². The first-order valence-corrected chi connectivity index (χ1v) is 12.7. The molecular formula is C19H27N3O2S3. The van der Waals surface area contributed by atoms with Crippen LogP contribution in [-0.2, 0) is 9.59 Å². The number of thioether (sulfide) groups is 2. The zero-order chi connectivity index (χ0) is 18.9. The van der Waals surface area contributed by atoms with Crippen LogP contribution in [0.1, 0.15) is 51.9 Å².